The third-order valence-corrected chi connectivity index (χ3v) is 4.99. The number of hydrogen-bond donors (Lipinski definition) is 3. The van der Waals surface area contributed by atoms with E-state index in [9.17, 15) is 9.90 Å². The number of nitrogens with one attached hydrogen (secondary N) is 2. The Morgan fingerprint density at radius 2 is 2.08 bits per heavy atom. The van der Waals surface area contributed by atoms with Gasteiger partial charge in [0.1, 0.15) is 5.76 Å². The zero-order chi connectivity index (χ0) is 16.8. The molecule has 7 heteroatoms. The van der Waals surface area contributed by atoms with Crippen LogP contribution in [0.5, 0.6) is 0 Å². The van der Waals surface area contributed by atoms with E-state index in [0.29, 0.717) is 6.54 Å². The van der Waals surface area contributed by atoms with Crippen molar-refractivity contribution in [2.24, 2.45) is 0 Å². The highest BCUT2D eigenvalue weighted by Crippen LogP contribution is 2.24. The summed E-state index contributed by atoms with van der Waals surface area (Å²) in [5, 5.41) is 19.4. The fourth-order valence-electron chi connectivity index (χ4n) is 2.97. The minimum atomic E-state index is -0.679. The molecular weight excluding hydrogens is 326 g/mol. The summed E-state index contributed by atoms with van der Waals surface area (Å²) in [6.45, 7) is 2.71. The van der Waals surface area contributed by atoms with Crippen LogP contribution in [-0.4, -0.2) is 42.2 Å². The Labute approximate surface area is 145 Å². The van der Waals surface area contributed by atoms with Gasteiger partial charge in [0.2, 0.25) is 0 Å². The first-order valence-corrected chi connectivity index (χ1v) is 9.17. The molecule has 3 rings (SSSR count). The lowest BCUT2D eigenvalue weighted by molar-refractivity contribution is 0.171. The fourth-order valence-corrected chi connectivity index (χ4v) is 3.67. The van der Waals surface area contributed by atoms with Crippen molar-refractivity contribution in [3.63, 3.8) is 0 Å². The lowest BCUT2D eigenvalue weighted by Gasteiger charge is -2.26. The number of furan rings is 1. The maximum atomic E-state index is 12.0. The van der Waals surface area contributed by atoms with Crippen LogP contribution in [0.3, 0.4) is 0 Å². The van der Waals surface area contributed by atoms with Gasteiger partial charge in [-0.25, -0.2) is 4.79 Å². The van der Waals surface area contributed by atoms with Gasteiger partial charge in [0.25, 0.3) is 0 Å². The molecule has 2 unspecified atom stereocenters. The molecule has 1 aliphatic rings. The number of carbonyl (C=O) groups is 1. The van der Waals surface area contributed by atoms with Gasteiger partial charge in [0, 0.05) is 13.1 Å². The summed E-state index contributed by atoms with van der Waals surface area (Å²) in [6, 6.07) is 5.45. The summed E-state index contributed by atoms with van der Waals surface area (Å²) in [5.41, 5.74) is 0.825. The highest BCUT2D eigenvalue weighted by atomic mass is 32.1. The average Bonchev–Trinajstić information content (AvgIpc) is 3.35. The molecule has 0 aromatic carbocycles. The molecule has 3 N–H and O–H groups in total. The Morgan fingerprint density at radius 3 is 2.75 bits per heavy atom. The summed E-state index contributed by atoms with van der Waals surface area (Å²) in [4.78, 5) is 14.4. The van der Waals surface area contributed by atoms with Gasteiger partial charge in [-0.15, -0.1) is 0 Å². The molecule has 2 atom stereocenters. The largest absolute Gasteiger partial charge is 0.468 e. The third-order valence-electron chi connectivity index (χ3n) is 4.29. The summed E-state index contributed by atoms with van der Waals surface area (Å²) >= 11 is 1.52. The van der Waals surface area contributed by atoms with Crippen molar-refractivity contribution < 1.29 is 14.3 Å². The molecule has 1 aliphatic heterocycles. The predicted octanol–water partition coefficient (Wildman–Crippen LogP) is 2.51. The smallest absolute Gasteiger partial charge is 0.314 e. The van der Waals surface area contributed by atoms with E-state index in [2.05, 4.69) is 15.5 Å². The average molecular weight is 349 g/mol. The lowest BCUT2D eigenvalue weighted by Crippen LogP contribution is -2.42. The molecule has 0 spiro atoms. The topological polar surface area (TPSA) is 77.7 Å². The quantitative estimate of drug-likeness (QED) is 0.718. The van der Waals surface area contributed by atoms with Gasteiger partial charge in [0.05, 0.1) is 18.4 Å². The Morgan fingerprint density at radius 1 is 1.29 bits per heavy atom. The van der Waals surface area contributed by atoms with Crippen LogP contribution in [0.1, 0.15) is 36.3 Å². The van der Waals surface area contributed by atoms with E-state index in [0.717, 1.165) is 24.4 Å². The summed E-state index contributed by atoms with van der Waals surface area (Å²) in [5.74, 6) is 0.871. The van der Waals surface area contributed by atoms with Gasteiger partial charge in [-0.1, -0.05) is 0 Å². The number of nitrogens with zero attached hydrogens (tertiary/aromatic N) is 1. The predicted molar refractivity (Wildman–Crippen MR) is 92.9 cm³/mol. The van der Waals surface area contributed by atoms with Crippen LogP contribution in [0.15, 0.2) is 39.6 Å². The van der Waals surface area contributed by atoms with Crippen LogP contribution in [0, 0.1) is 0 Å². The van der Waals surface area contributed by atoms with E-state index in [-0.39, 0.29) is 18.6 Å². The minimum Gasteiger partial charge on any atom is -0.468 e. The first kappa shape index (κ1) is 17.0. The number of urea groups is 1. The highest BCUT2D eigenvalue weighted by molar-refractivity contribution is 7.07. The maximum absolute atomic E-state index is 12.0. The Hall–Kier alpha value is -1.83. The molecule has 0 saturated carbocycles. The van der Waals surface area contributed by atoms with Crippen LogP contribution in [-0.2, 0) is 0 Å². The van der Waals surface area contributed by atoms with Crippen molar-refractivity contribution in [3.05, 3.63) is 46.5 Å². The fraction of sp³-hybridized carbons (Fsp3) is 0.471. The summed E-state index contributed by atoms with van der Waals surface area (Å²) in [7, 11) is 0. The molecule has 24 heavy (non-hydrogen) atoms. The van der Waals surface area contributed by atoms with Gasteiger partial charge in [0.15, 0.2) is 0 Å². The normalized spacial score (nSPS) is 17.5. The second kappa shape index (κ2) is 8.32. The molecule has 0 aliphatic carbocycles. The van der Waals surface area contributed by atoms with Crippen LogP contribution in [0.2, 0.25) is 0 Å². The van der Waals surface area contributed by atoms with Gasteiger partial charge < -0.3 is 20.2 Å². The van der Waals surface area contributed by atoms with Crippen LogP contribution in [0.25, 0.3) is 0 Å². The number of carbonyl (C=O) groups excluding carboxylic acids is 1. The second-order valence-electron chi connectivity index (χ2n) is 5.94. The zero-order valence-electron chi connectivity index (χ0n) is 13.5. The molecule has 3 heterocycles. The lowest BCUT2D eigenvalue weighted by atomic mass is 10.2. The second-order valence-corrected chi connectivity index (χ2v) is 6.72. The van der Waals surface area contributed by atoms with Crippen LogP contribution >= 0.6 is 11.3 Å². The number of thiophene rings is 1. The molecule has 2 amide bonds. The summed E-state index contributed by atoms with van der Waals surface area (Å²) < 4.78 is 5.54. The molecule has 130 valence electrons. The summed E-state index contributed by atoms with van der Waals surface area (Å²) in [6.07, 6.45) is 3.34. The molecular formula is C17H23N3O3S. The Bertz CT molecular complexity index is 609. The monoisotopic (exact) mass is 349 g/mol. The van der Waals surface area contributed by atoms with E-state index in [1.165, 1.54) is 24.2 Å². The van der Waals surface area contributed by atoms with Gasteiger partial charge >= 0.3 is 6.03 Å². The van der Waals surface area contributed by atoms with E-state index in [1.807, 2.05) is 29.0 Å². The molecule has 0 radical (unpaired) electrons. The maximum Gasteiger partial charge on any atom is 0.314 e. The standard InChI is InChI=1S/C17H23N3O3S/c21-15(13-5-9-24-12-13)11-19-17(22)18-10-14(16-4-3-8-23-16)20-6-1-2-7-20/h3-5,8-9,12,14-15,21H,1-2,6-7,10-11H2,(H2,18,19,22). The van der Waals surface area contributed by atoms with Crippen LogP contribution in [0.4, 0.5) is 4.79 Å². The van der Waals surface area contributed by atoms with Crippen molar-refractivity contribution in [1.82, 2.24) is 15.5 Å². The van der Waals surface area contributed by atoms with Crippen molar-refractivity contribution in [3.8, 4) is 0 Å². The molecule has 1 saturated heterocycles. The van der Waals surface area contributed by atoms with Crippen molar-refractivity contribution >= 4 is 17.4 Å². The van der Waals surface area contributed by atoms with Crippen molar-refractivity contribution in [2.75, 3.05) is 26.2 Å². The third kappa shape index (κ3) is 4.37. The molecule has 2 aromatic heterocycles. The highest BCUT2D eigenvalue weighted by Gasteiger charge is 2.25. The van der Waals surface area contributed by atoms with Crippen LogP contribution < -0.4 is 10.6 Å². The Balaban J connectivity index is 1.48. The first-order chi connectivity index (χ1) is 11.7. The Kier molecular flexibility index (Phi) is 5.90. The number of likely N-dealkylation sites (tertiary alicyclic amines) is 1. The number of rotatable bonds is 7. The van der Waals surface area contributed by atoms with Gasteiger partial charge in [-0.05, 0) is 60.5 Å². The number of aliphatic hydroxyl groups is 1. The van der Waals surface area contributed by atoms with E-state index in [4.69, 9.17) is 4.42 Å². The minimum absolute atomic E-state index is 0.0510. The molecule has 0 bridgehead atoms. The van der Waals surface area contributed by atoms with E-state index >= 15 is 0 Å². The van der Waals surface area contributed by atoms with Gasteiger partial charge in [-0.3, -0.25) is 4.90 Å². The molecule has 2 aromatic rings. The zero-order valence-corrected chi connectivity index (χ0v) is 14.3. The van der Waals surface area contributed by atoms with E-state index < -0.39 is 6.10 Å². The number of aliphatic hydroxyl groups excluding tert-OH is 1. The molecule has 1 fully saturated rings. The number of hydrogen-bond acceptors (Lipinski definition) is 5. The SMILES string of the molecule is O=C(NCC(O)c1ccsc1)NCC(c1ccco1)N1CCCC1. The molecule has 6 nitrogen and oxygen atoms in total. The number of amides is 2. The van der Waals surface area contributed by atoms with E-state index in [1.54, 1.807) is 6.26 Å². The van der Waals surface area contributed by atoms with Gasteiger partial charge in [-0.2, -0.15) is 11.3 Å². The van der Waals surface area contributed by atoms with Crippen molar-refractivity contribution in [2.45, 2.75) is 25.0 Å². The first-order valence-electron chi connectivity index (χ1n) is 8.23. The van der Waals surface area contributed by atoms with Crippen molar-refractivity contribution in [1.29, 1.82) is 0 Å².